The lowest BCUT2D eigenvalue weighted by Gasteiger charge is -2.41. The normalized spacial score (nSPS) is 19.9. The summed E-state index contributed by atoms with van der Waals surface area (Å²) >= 11 is 2.37. The Balaban J connectivity index is 1.99. The Morgan fingerprint density at radius 3 is 2.67 bits per heavy atom. The highest BCUT2D eigenvalue weighted by Gasteiger charge is 2.35. The number of rotatable bonds is 2. The second kappa shape index (κ2) is 5.64. The highest BCUT2D eigenvalue weighted by Crippen LogP contribution is 2.45. The van der Waals surface area contributed by atoms with Crippen LogP contribution in [-0.2, 0) is 6.42 Å². The molecule has 21 heavy (non-hydrogen) atoms. The van der Waals surface area contributed by atoms with Gasteiger partial charge in [0.15, 0.2) is 0 Å². The molecule has 0 saturated carbocycles. The third-order valence-corrected chi connectivity index (χ3v) is 5.35. The maximum Gasteiger partial charge on any atom is 0.0567 e. The van der Waals surface area contributed by atoms with Crippen molar-refractivity contribution >= 4 is 28.3 Å². The smallest absolute Gasteiger partial charge is 0.0567 e. The van der Waals surface area contributed by atoms with E-state index in [0.717, 1.165) is 0 Å². The van der Waals surface area contributed by atoms with Crippen LogP contribution in [0.25, 0.3) is 0 Å². The van der Waals surface area contributed by atoms with Crippen molar-refractivity contribution in [2.45, 2.75) is 39.7 Å². The fourth-order valence-corrected chi connectivity index (χ4v) is 3.93. The Morgan fingerprint density at radius 1 is 1.14 bits per heavy atom. The lowest BCUT2D eigenvalue weighted by molar-refractivity contribution is 0.265. The first-order valence-electron chi connectivity index (χ1n) is 7.58. The van der Waals surface area contributed by atoms with E-state index in [2.05, 4.69) is 91.1 Å². The molecule has 0 spiro atoms. The predicted octanol–water partition coefficient (Wildman–Crippen LogP) is 5.73. The summed E-state index contributed by atoms with van der Waals surface area (Å²) in [7, 11) is 0. The van der Waals surface area contributed by atoms with Crippen molar-refractivity contribution in [1.29, 1.82) is 0 Å². The molecule has 1 unspecified atom stereocenters. The molecule has 2 aromatic carbocycles. The quantitative estimate of drug-likeness (QED) is 0.646. The van der Waals surface area contributed by atoms with Crippen LogP contribution in [0.5, 0.6) is 0 Å². The third-order valence-electron chi connectivity index (χ3n) is 4.67. The monoisotopic (exact) mass is 391 g/mol. The lowest BCUT2D eigenvalue weighted by atomic mass is 9.70. The van der Waals surface area contributed by atoms with Crippen molar-refractivity contribution < 1.29 is 0 Å². The molecule has 0 amide bonds. The molecule has 0 saturated heterocycles. The van der Waals surface area contributed by atoms with Crippen LogP contribution in [0, 0.1) is 15.9 Å². The van der Waals surface area contributed by atoms with Gasteiger partial charge in [-0.25, -0.2) is 0 Å². The van der Waals surface area contributed by atoms with Crippen LogP contribution < -0.4 is 5.32 Å². The molecule has 1 nitrogen and oxygen atoms in total. The van der Waals surface area contributed by atoms with E-state index < -0.39 is 0 Å². The van der Waals surface area contributed by atoms with Crippen LogP contribution in [0.4, 0.5) is 5.69 Å². The van der Waals surface area contributed by atoms with Crippen LogP contribution in [-0.4, -0.2) is 0 Å². The van der Waals surface area contributed by atoms with Gasteiger partial charge < -0.3 is 5.32 Å². The van der Waals surface area contributed by atoms with E-state index in [0.29, 0.717) is 6.04 Å². The molecule has 0 aromatic heterocycles. The molecule has 1 aliphatic rings. The Labute approximate surface area is 141 Å². The number of benzene rings is 2. The average molecular weight is 391 g/mol. The van der Waals surface area contributed by atoms with Crippen LogP contribution >= 0.6 is 22.6 Å². The molecule has 110 valence electrons. The predicted molar refractivity (Wildman–Crippen MR) is 98.8 cm³/mol. The average Bonchev–Trinajstić information content (AvgIpc) is 2.44. The van der Waals surface area contributed by atoms with Gasteiger partial charge in [-0.1, -0.05) is 38.1 Å². The summed E-state index contributed by atoms with van der Waals surface area (Å²) in [5, 5.41) is 3.82. The van der Waals surface area contributed by atoms with Crippen LogP contribution in [0.2, 0.25) is 0 Å². The van der Waals surface area contributed by atoms with Gasteiger partial charge in [0.1, 0.15) is 0 Å². The van der Waals surface area contributed by atoms with Gasteiger partial charge in [0.05, 0.1) is 6.04 Å². The van der Waals surface area contributed by atoms with Crippen molar-refractivity contribution in [1.82, 2.24) is 0 Å². The first kappa shape index (κ1) is 14.9. The van der Waals surface area contributed by atoms with E-state index in [1.807, 2.05) is 0 Å². The molecule has 0 radical (unpaired) electrons. The highest BCUT2D eigenvalue weighted by atomic mass is 127. The van der Waals surface area contributed by atoms with E-state index in [4.69, 9.17) is 0 Å². The second-order valence-electron chi connectivity index (χ2n) is 6.72. The molecule has 0 fully saturated rings. The molecule has 1 aliphatic carbocycles. The van der Waals surface area contributed by atoms with Crippen molar-refractivity contribution in [3.05, 3.63) is 62.7 Å². The van der Waals surface area contributed by atoms with Crippen LogP contribution in [0.1, 0.15) is 43.0 Å². The zero-order valence-electron chi connectivity index (χ0n) is 12.9. The van der Waals surface area contributed by atoms with Gasteiger partial charge in [0, 0.05) is 9.26 Å². The zero-order chi connectivity index (χ0) is 15.0. The Morgan fingerprint density at radius 2 is 1.90 bits per heavy atom. The first-order valence-corrected chi connectivity index (χ1v) is 8.66. The van der Waals surface area contributed by atoms with E-state index in [1.165, 1.54) is 38.8 Å². The maximum atomic E-state index is 3.82. The maximum absolute atomic E-state index is 3.82. The molecule has 2 heteroatoms. The molecular formula is C19H22IN. The minimum absolute atomic E-state index is 0.268. The van der Waals surface area contributed by atoms with E-state index in [1.54, 1.807) is 0 Å². The fourth-order valence-electron chi connectivity index (χ4n) is 3.28. The van der Waals surface area contributed by atoms with Gasteiger partial charge in [-0.15, -0.1) is 0 Å². The summed E-state index contributed by atoms with van der Waals surface area (Å²) < 4.78 is 1.29. The van der Waals surface area contributed by atoms with Crippen LogP contribution in [0.15, 0.2) is 42.5 Å². The van der Waals surface area contributed by atoms with Gasteiger partial charge in [0.25, 0.3) is 0 Å². The van der Waals surface area contributed by atoms with Gasteiger partial charge in [-0.2, -0.15) is 0 Å². The van der Waals surface area contributed by atoms with Gasteiger partial charge in [-0.3, -0.25) is 0 Å². The topological polar surface area (TPSA) is 12.0 Å². The standard InChI is InChI=1S/C19H22IN/c1-13-12-15(20)8-9-17(13)21-18-16-7-5-4-6-14(16)10-11-19(18,2)3/h4-9,12,18,21H,10-11H2,1-3H3. The lowest BCUT2D eigenvalue weighted by Crippen LogP contribution is -2.33. The first-order chi connectivity index (χ1) is 9.97. The van der Waals surface area contributed by atoms with E-state index in [-0.39, 0.29) is 5.41 Å². The largest absolute Gasteiger partial charge is 0.377 e. The molecule has 3 rings (SSSR count). The van der Waals surface area contributed by atoms with Gasteiger partial charge in [-0.05, 0) is 82.7 Å². The summed E-state index contributed by atoms with van der Waals surface area (Å²) in [6.07, 6.45) is 2.41. The Bertz CT molecular complexity index is 660. The summed E-state index contributed by atoms with van der Waals surface area (Å²) in [5.41, 5.74) is 5.80. The van der Waals surface area contributed by atoms with Gasteiger partial charge in [0.2, 0.25) is 0 Å². The van der Waals surface area contributed by atoms with Crippen molar-refractivity contribution in [2.24, 2.45) is 5.41 Å². The zero-order valence-corrected chi connectivity index (χ0v) is 15.1. The summed E-state index contributed by atoms with van der Waals surface area (Å²) in [4.78, 5) is 0. The van der Waals surface area contributed by atoms with E-state index >= 15 is 0 Å². The van der Waals surface area contributed by atoms with Crippen molar-refractivity contribution in [2.75, 3.05) is 5.32 Å². The van der Waals surface area contributed by atoms with Crippen molar-refractivity contribution in [3.63, 3.8) is 0 Å². The van der Waals surface area contributed by atoms with Gasteiger partial charge >= 0.3 is 0 Å². The summed E-state index contributed by atoms with van der Waals surface area (Å²) in [5.74, 6) is 0. The fraction of sp³-hybridized carbons (Fsp3) is 0.368. The van der Waals surface area contributed by atoms with Crippen molar-refractivity contribution in [3.8, 4) is 0 Å². The Kier molecular flexibility index (Phi) is 4.00. The molecule has 2 aromatic rings. The van der Waals surface area contributed by atoms with Crippen LogP contribution in [0.3, 0.4) is 0 Å². The number of fused-ring (bicyclic) bond motifs is 1. The summed E-state index contributed by atoms with van der Waals surface area (Å²) in [6, 6.07) is 15.9. The number of hydrogen-bond acceptors (Lipinski definition) is 1. The molecule has 1 atom stereocenters. The number of aryl methyl sites for hydroxylation is 2. The molecule has 1 N–H and O–H groups in total. The SMILES string of the molecule is Cc1cc(I)ccc1NC1c2ccccc2CCC1(C)C. The number of nitrogens with one attached hydrogen (secondary N) is 1. The summed E-state index contributed by atoms with van der Waals surface area (Å²) in [6.45, 7) is 6.94. The highest BCUT2D eigenvalue weighted by molar-refractivity contribution is 14.1. The minimum atomic E-state index is 0.268. The molecular weight excluding hydrogens is 369 g/mol. The van der Waals surface area contributed by atoms with E-state index in [9.17, 15) is 0 Å². The Hall–Kier alpha value is -1.03. The number of anilines is 1. The second-order valence-corrected chi connectivity index (χ2v) is 7.97. The third kappa shape index (κ3) is 2.96. The molecule has 0 heterocycles. The molecule has 0 bridgehead atoms. The number of hydrogen-bond donors (Lipinski definition) is 1. The number of halogens is 1. The minimum Gasteiger partial charge on any atom is -0.377 e. The molecule has 0 aliphatic heterocycles.